The normalized spacial score (nSPS) is 12.6. The molecule has 0 spiro atoms. The molecule has 18 heavy (non-hydrogen) atoms. The second kappa shape index (κ2) is 4.77. The van der Waals surface area contributed by atoms with Gasteiger partial charge in [0.2, 0.25) is 10.0 Å². The highest BCUT2D eigenvalue weighted by Gasteiger charge is 2.30. The Morgan fingerprint density at radius 3 is 2.28 bits per heavy atom. The minimum Gasteiger partial charge on any atom is -0.482 e. The molecule has 102 valence electrons. The van der Waals surface area contributed by atoms with E-state index >= 15 is 0 Å². The molecule has 0 radical (unpaired) electrons. The van der Waals surface area contributed by atoms with Gasteiger partial charge in [0.25, 0.3) is 0 Å². The van der Waals surface area contributed by atoms with Gasteiger partial charge in [0.05, 0.1) is 0 Å². The van der Waals surface area contributed by atoms with Crippen molar-refractivity contribution in [2.45, 2.75) is 24.9 Å². The summed E-state index contributed by atoms with van der Waals surface area (Å²) in [5.41, 5.74) is 0.846. The van der Waals surface area contributed by atoms with Crippen LogP contribution >= 0.6 is 0 Å². The van der Waals surface area contributed by atoms with Crippen LogP contribution in [0.4, 0.5) is 13.2 Å². The van der Waals surface area contributed by atoms with Gasteiger partial charge < -0.3 is 4.74 Å². The Morgan fingerprint density at radius 2 is 1.83 bits per heavy atom. The van der Waals surface area contributed by atoms with Crippen LogP contribution < -0.4 is 9.88 Å². The van der Waals surface area contributed by atoms with Gasteiger partial charge in [-0.15, -0.1) is 0 Å². The first kappa shape index (κ1) is 14.8. The molecule has 1 aromatic rings. The van der Waals surface area contributed by atoms with Gasteiger partial charge in [0.1, 0.15) is 10.6 Å². The molecule has 0 aromatic heterocycles. The number of primary sulfonamides is 1. The first-order valence-corrected chi connectivity index (χ1v) is 6.39. The lowest BCUT2D eigenvalue weighted by Gasteiger charge is -2.15. The van der Waals surface area contributed by atoms with E-state index < -0.39 is 27.7 Å². The largest absolute Gasteiger partial charge is 0.482 e. The molecule has 0 aliphatic rings. The van der Waals surface area contributed by atoms with Crippen molar-refractivity contribution in [3.8, 4) is 5.75 Å². The van der Waals surface area contributed by atoms with E-state index in [-0.39, 0.29) is 11.3 Å². The first-order chi connectivity index (χ1) is 8.00. The number of halogens is 3. The van der Waals surface area contributed by atoms with Crippen LogP contribution in [0.2, 0.25) is 0 Å². The summed E-state index contributed by atoms with van der Waals surface area (Å²) < 4.78 is 63.4. The summed E-state index contributed by atoms with van der Waals surface area (Å²) >= 11 is 0. The summed E-state index contributed by atoms with van der Waals surface area (Å²) in [5.74, 6) is -0.361. The van der Waals surface area contributed by atoms with E-state index in [0.29, 0.717) is 5.56 Å². The molecule has 0 amide bonds. The van der Waals surface area contributed by atoms with Crippen molar-refractivity contribution in [1.82, 2.24) is 0 Å². The van der Waals surface area contributed by atoms with Crippen LogP contribution in [0.15, 0.2) is 17.0 Å². The molecule has 0 aliphatic carbocycles. The molecule has 1 rings (SSSR count). The van der Waals surface area contributed by atoms with Crippen molar-refractivity contribution in [2.24, 2.45) is 5.14 Å². The third-order valence-corrected chi connectivity index (χ3v) is 2.99. The zero-order chi connectivity index (χ0) is 14.1. The summed E-state index contributed by atoms with van der Waals surface area (Å²) in [6.45, 7) is 1.49. The summed E-state index contributed by atoms with van der Waals surface area (Å²) in [5, 5.41) is 4.95. The van der Waals surface area contributed by atoms with Crippen LogP contribution in [0, 0.1) is 13.8 Å². The average Bonchev–Trinajstić information content (AvgIpc) is 2.12. The van der Waals surface area contributed by atoms with Crippen molar-refractivity contribution < 1.29 is 26.3 Å². The number of nitrogens with two attached hydrogens (primary N) is 1. The molecule has 0 unspecified atom stereocenters. The highest BCUT2D eigenvalue weighted by atomic mass is 32.2. The van der Waals surface area contributed by atoms with Gasteiger partial charge in [-0.1, -0.05) is 6.07 Å². The molecule has 0 atom stereocenters. The van der Waals surface area contributed by atoms with E-state index in [9.17, 15) is 21.6 Å². The number of rotatable bonds is 3. The Balaban J connectivity index is 3.25. The number of benzene rings is 1. The van der Waals surface area contributed by atoms with E-state index in [2.05, 4.69) is 4.74 Å². The number of hydrogen-bond donors (Lipinski definition) is 1. The fourth-order valence-corrected chi connectivity index (χ4v) is 2.29. The maximum absolute atomic E-state index is 12.1. The van der Waals surface area contributed by atoms with E-state index in [4.69, 9.17) is 5.14 Å². The minimum absolute atomic E-state index is 0.281. The van der Waals surface area contributed by atoms with Gasteiger partial charge in [0, 0.05) is 0 Å². The third-order valence-electron chi connectivity index (χ3n) is 2.07. The van der Waals surface area contributed by atoms with E-state index in [1.54, 1.807) is 6.92 Å². The third kappa shape index (κ3) is 3.88. The zero-order valence-electron chi connectivity index (χ0n) is 9.71. The summed E-state index contributed by atoms with van der Waals surface area (Å²) in [6, 6.07) is 2.69. The van der Waals surface area contributed by atoms with Crippen LogP contribution in [0.1, 0.15) is 11.1 Å². The topological polar surface area (TPSA) is 69.4 Å². The second-order valence-electron chi connectivity index (χ2n) is 3.86. The first-order valence-electron chi connectivity index (χ1n) is 4.84. The molecule has 2 N–H and O–H groups in total. The van der Waals surface area contributed by atoms with Crippen molar-refractivity contribution in [2.75, 3.05) is 6.61 Å². The van der Waals surface area contributed by atoms with Gasteiger partial charge in [0.15, 0.2) is 6.61 Å². The highest BCUT2D eigenvalue weighted by molar-refractivity contribution is 7.89. The quantitative estimate of drug-likeness (QED) is 0.921. The molecule has 0 bridgehead atoms. The van der Waals surface area contributed by atoms with Crippen molar-refractivity contribution in [3.63, 3.8) is 0 Å². The second-order valence-corrected chi connectivity index (χ2v) is 5.39. The zero-order valence-corrected chi connectivity index (χ0v) is 10.5. The van der Waals surface area contributed by atoms with Gasteiger partial charge in [-0.3, -0.25) is 0 Å². The Hall–Kier alpha value is -1.28. The molecule has 0 fully saturated rings. The van der Waals surface area contributed by atoms with Crippen molar-refractivity contribution >= 4 is 10.0 Å². The van der Waals surface area contributed by atoms with Gasteiger partial charge in [-0.05, 0) is 31.0 Å². The molecule has 0 saturated heterocycles. The Kier molecular flexibility index (Phi) is 3.92. The Labute approximate surface area is 103 Å². The van der Waals surface area contributed by atoms with Gasteiger partial charge >= 0.3 is 6.18 Å². The number of aryl methyl sites for hydroxylation is 2. The molecular weight excluding hydrogens is 271 g/mol. The maximum Gasteiger partial charge on any atom is 0.422 e. The fraction of sp³-hybridized carbons (Fsp3) is 0.400. The van der Waals surface area contributed by atoms with Gasteiger partial charge in [-0.2, -0.15) is 13.2 Å². The van der Waals surface area contributed by atoms with E-state index in [0.717, 1.165) is 0 Å². The van der Waals surface area contributed by atoms with Crippen LogP contribution in [0.3, 0.4) is 0 Å². The van der Waals surface area contributed by atoms with Crippen LogP contribution in [0.5, 0.6) is 5.75 Å². The molecule has 8 heteroatoms. The average molecular weight is 283 g/mol. The lowest BCUT2D eigenvalue weighted by atomic mass is 10.1. The lowest BCUT2D eigenvalue weighted by Crippen LogP contribution is -2.22. The molecular formula is C10H12F3NO3S. The van der Waals surface area contributed by atoms with Crippen LogP contribution in [-0.4, -0.2) is 21.2 Å². The molecule has 0 saturated carbocycles. The smallest absolute Gasteiger partial charge is 0.422 e. The van der Waals surface area contributed by atoms with Crippen LogP contribution in [0.25, 0.3) is 0 Å². The van der Waals surface area contributed by atoms with Crippen molar-refractivity contribution in [3.05, 3.63) is 23.3 Å². The summed E-state index contributed by atoms with van der Waals surface area (Å²) in [4.78, 5) is -0.441. The summed E-state index contributed by atoms with van der Waals surface area (Å²) in [7, 11) is -4.14. The SMILES string of the molecule is Cc1cc(C)c(OCC(F)(F)F)c(S(N)(=O)=O)c1. The predicted molar refractivity (Wildman–Crippen MR) is 58.8 cm³/mol. The molecule has 4 nitrogen and oxygen atoms in total. The fourth-order valence-electron chi connectivity index (χ4n) is 1.47. The standard InChI is InChI=1S/C10H12F3NO3S/c1-6-3-7(2)9(17-5-10(11,12)13)8(4-6)18(14,15)16/h3-4H,5H2,1-2H3,(H2,14,15,16). The monoisotopic (exact) mass is 283 g/mol. The molecule has 1 aromatic carbocycles. The summed E-state index contributed by atoms with van der Waals surface area (Å²) in [6.07, 6.45) is -4.55. The minimum atomic E-state index is -4.55. The molecule has 0 heterocycles. The van der Waals surface area contributed by atoms with E-state index in [1.807, 2.05) is 0 Å². The van der Waals surface area contributed by atoms with Crippen molar-refractivity contribution in [1.29, 1.82) is 0 Å². The Bertz CT molecular complexity index is 552. The van der Waals surface area contributed by atoms with E-state index in [1.165, 1.54) is 19.1 Å². The predicted octanol–water partition coefficient (Wildman–Crippen LogP) is 1.89. The highest BCUT2D eigenvalue weighted by Crippen LogP contribution is 2.30. The van der Waals surface area contributed by atoms with Gasteiger partial charge in [-0.25, -0.2) is 13.6 Å². The maximum atomic E-state index is 12.1. The Morgan fingerprint density at radius 1 is 1.28 bits per heavy atom. The number of alkyl halides is 3. The number of hydrogen-bond acceptors (Lipinski definition) is 3. The van der Waals surface area contributed by atoms with Crippen LogP contribution in [-0.2, 0) is 10.0 Å². The molecule has 0 aliphatic heterocycles. The number of ether oxygens (including phenoxy) is 1. The lowest BCUT2D eigenvalue weighted by molar-refractivity contribution is -0.153. The number of sulfonamides is 1.